The van der Waals surface area contributed by atoms with Crippen molar-refractivity contribution in [1.29, 1.82) is 0 Å². The molecule has 102 valence electrons. The third-order valence-electron chi connectivity index (χ3n) is 2.73. The van der Waals surface area contributed by atoms with Crippen LogP contribution >= 0.6 is 0 Å². The van der Waals surface area contributed by atoms with Crippen LogP contribution in [0.15, 0.2) is 54.6 Å². The van der Waals surface area contributed by atoms with Gasteiger partial charge in [-0.15, -0.1) is 0 Å². The molecule has 2 aromatic rings. The maximum absolute atomic E-state index is 11.9. The van der Waals surface area contributed by atoms with Crippen molar-refractivity contribution in [2.45, 2.75) is 6.92 Å². The molecule has 4 heteroatoms. The summed E-state index contributed by atoms with van der Waals surface area (Å²) in [5, 5.41) is 5.76. The van der Waals surface area contributed by atoms with Crippen LogP contribution in [0.2, 0.25) is 0 Å². The van der Waals surface area contributed by atoms with Gasteiger partial charge in [-0.25, -0.2) is 0 Å². The Morgan fingerprint density at radius 2 is 1.65 bits per heavy atom. The molecular weight excluding hydrogens is 252 g/mol. The molecule has 0 aromatic heterocycles. The van der Waals surface area contributed by atoms with Gasteiger partial charge in [-0.05, 0) is 18.2 Å². The van der Waals surface area contributed by atoms with Crippen LogP contribution in [0.5, 0.6) is 0 Å². The van der Waals surface area contributed by atoms with Crippen molar-refractivity contribution in [1.82, 2.24) is 0 Å². The summed E-state index contributed by atoms with van der Waals surface area (Å²) in [6.45, 7) is 1.67. The van der Waals surface area contributed by atoms with E-state index < -0.39 is 0 Å². The van der Waals surface area contributed by atoms with E-state index in [1.54, 1.807) is 24.3 Å². The van der Waals surface area contributed by atoms with E-state index in [1.165, 1.54) is 6.92 Å². The minimum absolute atomic E-state index is 0.0236. The molecule has 0 aliphatic rings. The maximum Gasteiger partial charge on any atom is 0.221 e. The molecule has 0 heterocycles. The van der Waals surface area contributed by atoms with Crippen molar-refractivity contribution >= 4 is 23.1 Å². The fourth-order valence-corrected chi connectivity index (χ4v) is 1.82. The minimum Gasteiger partial charge on any atom is -0.378 e. The van der Waals surface area contributed by atoms with Gasteiger partial charge in [0, 0.05) is 23.9 Å². The topological polar surface area (TPSA) is 58.2 Å². The average Bonchev–Trinajstić information content (AvgIpc) is 2.45. The van der Waals surface area contributed by atoms with E-state index in [4.69, 9.17) is 0 Å². The Morgan fingerprint density at radius 1 is 0.950 bits per heavy atom. The molecule has 2 rings (SSSR count). The third kappa shape index (κ3) is 3.95. The highest BCUT2D eigenvalue weighted by Gasteiger charge is 2.04. The quantitative estimate of drug-likeness (QED) is 0.820. The van der Waals surface area contributed by atoms with Gasteiger partial charge in [0.15, 0.2) is 5.78 Å². The van der Waals surface area contributed by atoms with E-state index in [2.05, 4.69) is 10.6 Å². The number of ketones is 1. The van der Waals surface area contributed by atoms with Crippen molar-refractivity contribution in [3.8, 4) is 0 Å². The molecule has 4 nitrogen and oxygen atoms in total. The zero-order valence-electron chi connectivity index (χ0n) is 11.2. The normalized spacial score (nSPS) is 9.85. The number of hydrogen-bond acceptors (Lipinski definition) is 3. The number of anilines is 2. The van der Waals surface area contributed by atoms with Gasteiger partial charge in [0.2, 0.25) is 5.91 Å². The number of carbonyl (C=O) groups excluding carboxylic acids is 2. The Kier molecular flexibility index (Phi) is 4.50. The third-order valence-corrected chi connectivity index (χ3v) is 2.73. The van der Waals surface area contributed by atoms with Gasteiger partial charge in [-0.3, -0.25) is 9.59 Å². The summed E-state index contributed by atoms with van der Waals surface area (Å²) in [6.07, 6.45) is 0. The van der Waals surface area contributed by atoms with Crippen LogP contribution in [0.1, 0.15) is 17.3 Å². The van der Waals surface area contributed by atoms with Gasteiger partial charge < -0.3 is 10.6 Å². The number of nitrogens with one attached hydrogen (secondary N) is 2. The first kappa shape index (κ1) is 13.8. The molecule has 0 aliphatic heterocycles. The zero-order valence-corrected chi connectivity index (χ0v) is 11.2. The second-order valence-corrected chi connectivity index (χ2v) is 4.40. The average molecular weight is 268 g/mol. The van der Waals surface area contributed by atoms with Gasteiger partial charge in [0.25, 0.3) is 0 Å². The van der Waals surface area contributed by atoms with Crippen molar-refractivity contribution in [3.63, 3.8) is 0 Å². The smallest absolute Gasteiger partial charge is 0.221 e. The lowest BCUT2D eigenvalue weighted by molar-refractivity contribution is -0.114. The van der Waals surface area contributed by atoms with Crippen molar-refractivity contribution < 1.29 is 9.59 Å². The standard InChI is InChI=1S/C16H16N2O2/c1-12(19)18-15-9-5-8-14(10-15)17-11-16(20)13-6-3-2-4-7-13/h2-10,17H,11H2,1H3,(H,18,19). The van der Waals surface area contributed by atoms with Crippen molar-refractivity contribution in [3.05, 3.63) is 60.2 Å². The van der Waals surface area contributed by atoms with E-state index in [0.29, 0.717) is 11.3 Å². The molecule has 1 amide bonds. The molecule has 0 saturated heterocycles. The summed E-state index contributed by atoms with van der Waals surface area (Å²) in [5.41, 5.74) is 2.17. The first-order chi connectivity index (χ1) is 9.65. The van der Waals surface area contributed by atoms with E-state index in [0.717, 1.165) is 5.69 Å². The molecule has 0 bridgehead atoms. The second kappa shape index (κ2) is 6.52. The fraction of sp³-hybridized carbons (Fsp3) is 0.125. The van der Waals surface area contributed by atoms with Crippen LogP contribution in [0.4, 0.5) is 11.4 Å². The molecule has 0 saturated carbocycles. The van der Waals surface area contributed by atoms with Crippen molar-refractivity contribution in [2.24, 2.45) is 0 Å². The Hall–Kier alpha value is -2.62. The van der Waals surface area contributed by atoms with Crippen LogP contribution in [0.25, 0.3) is 0 Å². The Labute approximate surface area is 117 Å². The molecule has 0 aliphatic carbocycles. The summed E-state index contributed by atoms with van der Waals surface area (Å²) in [7, 11) is 0. The predicted molar refractivity (Wildman–Crippen MR) is 80.0 cm³/mol. The van der Waals surface area contributed by atoms with E-state index in [9.17, 15) is 9.59 Å². The van der Waals surface area contributed by atoms with Gasteiger partial charge in [-0.1, -0.05) is 36.4 Å². The molecule has 2 N–H and O–H groups in total. The lowest BCUT2D eigenvalue weighted by Crippen LogP contribution is -2.14. The molecule has 2 aromatic carbocycles. The van der Waals surface area contributed by atoms with Gasteiger partial charge in [0.1, 0.15) is 0 Å². The van der Waals surface area contributed by atoms with Gasteiger partial charge in [-0.2, -0.15) is 0 Å². The molecular formula is C16H16N2O2. The second-order valence-electron chi connectivity index (χ2n) is 4.40. The van der Waals surface area contributed by atoms with Crippen LogP contribution in [-0.2, 0) is 4.79 Å². The van der Waals surface area contributed by atoms with Crippen molar-refractivity contribution in [2.75, 3.05) is 17.2 Å². The Bertz CT molecular complexity index is 609. The lowest BCUT2D eigenvalue weighted by atomic mass is 10.1. The Balaban J connectivity index is 1.97. The first-order valence-corrected chi connectivity index (χ1v) is 6.35. The maximum atomic E-state index is 11.9. The highest BCUT2D eigenvalue weighted by atomic mass is 16.1. The van der Waals surface area contributed by atoms with Crippen LogP contribution in [0.3, 0.4) is 0 Å². The summed E-state index contributed by atoms with van der Waals surface area (Å²) < 4.78 is 0. The molecule has 0 unspecified atom stereocenters. The molecule has 0 fully saturated rings. The summed E-state index contributed by atoms with van der Waals surface area (Å²) in [5.74, 6) is -0.0990. The predicted octanol–water partition coefficient (Wildman–Crippen LogP) is 2.94. The van der Waals surface area contributed by atoms with Crippen LogP contribution in [-0.4, -0.2) is 18.2 Å². The number of amides is 1. The lowest BCUT2D eigenvalue weighted by Gasteiger charge is -2.08. The number of benzene rings is 2. The number of Topliss-reactive ketones (excluding diaryl/α,β-unsaturated/α-hetero) is 1. The zero-order chi connectivity index (χ0) is 14.4. The van der Waals surface area contributed by atoms with Gasteiger partial charge >= 0.3 is 0 Å². The summed E-state index contributed by atoms with van der Waals surface area (Å²) in [6, 6.07) is 16.4. The number of hydrogen-bond donors (Lipinski definition) is 2. The SMILES string of the molecule is CC(=O)Nc1cccc(NCC(=O)c2ccccc2)c1. The van der Waals surface area contributed by atoms with E-state index >= 15 is 0 Å². The molecule has 0 spiro atoms. The molecule has 0 radical (unpaired) electrons. The first-order valence-electron chi connectivity index (χ1n) is 6.35. The number of rotatable bonds is 5. The fourth-order valence-electron chi connectivity index (χ4n) is 1.82. The van der Waals surface area contributed by atoms with E-state index in [1.807, 2.05) is 30.3 Å². The number of carbonyl (C=O) groups is 2. The summed E-state index contributed by atoms with van der Waals surface area (Å²) >= 11 is 0. The van der Waals surface area contributed by atoms with Gasteiger partial charge in [0.05, 0.1) is 6.54 Å². The monoisotopic (exact) mass is 268 g/mol. The van der Waals surface area contributed by atoms with Crippen LogP contribution in [0, 0.1) is 0 Å². The minimum atomic E-state index is -0.123. The van der Waals surface area contributed by atoms with E-state index in [-0.39, 0.29) is 18.2 Å². The van der Waals surface area contributed by atoms with Crippen LogP contribution < -0.4 is 10.6 Å². The highest BCUT2D eigenvalue weighted by molar-refractivity contribution is 5.99. The Morgan fingerprint density at radius 3 is 2.35 bits per heavy atom. The molecule has 20 heavy (non-hydrogen) atoms. The molecule has 0 atom stereocenters. The largest absolute Gasteiger partial charge is 0.378 e. The summed E-state index contributed by atoms with van der Waals surface area (Å²) in [4.78, 5) is 22.9. The highest BCUT2D eigenvalue weighted by Crippen LogP contribution is 2.15.